The SMILES string of the molecule is CC1(F)CNC(c2cccc(F)c2)C1. The highest BCUT2D eigenvalue weighted by atomic mass is 19.1. The summed E-state index contributed by atoms with van der Waals surface area (Å²) in [6.45, 7) is 1.91. The second-order valence-electron chi connectivity index (χ2n) is 4.11. The molecule has 0 aliphatic carbocycles. The molecule has 1 aliphatic heterocycles. The molecule has 0 saturated carbocycles. The van der Waals surface area contributed by atoms with Gasteiger partial charge in [0.15, 0.2) is 0 Å². The van der Waals surface area contributed by atoms with Gasteiger partial charge in [0, 0.05) is 19.0 Å². The third-order valence-corrected chi connectivity index (χ3v) is 2.60. The van der Waals surface area contributed by atoms with Crippen molar-refractivity contribution in [2.45, 2.75) is 25.1 Å². The zero-order valence-corrected chi connectivity index (χ0v) is 8.06. The van der Waals surface area contributed by atoms with Crippen LogP contribution in [0, 0.1) is 5.82 Å². The highest BCUT2D eigenvalue weighted by Gasteiger charge is 2.35. The summed E-state index contributed by atoms with van der Waals surface area (Å²) in [6, 6.07) is 6.27. The zero-order valence-electron chi connectivity index (χ0n) is 8.06. The highest BCUT2D eigenvalue weighted by Crippen LogP contribution is 2.32. The van der Waals surface area contributed by atoms with E-state index >= 15 is 0 Å². The van der Waals surface area contributed by atoms with Gasteiger partial charge < -0.3 is 5.32 Å². The van der Waals surface area contributed by atoms with Crippen molar-refractivity contribution >= 4 is 0 Å². The molecule has 1 saturated heterocycles. The molecule has 0 amide bonds. The Kier molecular flexibility index (Phi) is 2.27. The minimum Gasteiger partial charge on any atom is -0.307 e. The Labute approximate surface area is 82.1 Å². The molecule has 2 unspecified atom stereocenters. The predicted molar refractivity (Wildman–Crippen MR) is 51.3 cm³/mol. The lowest BCUT2D eigenvalue weighted by atomic mass is 9.99. The van der Waals surface area contributed by atoms with E-state index in [2.05, 4.69) is 5.32 Å². The lowest BCUT2D eigenvalue weighted by molar-refractivity contribution is 0.214. The van der Waals surface area contributed by atoms with E-state index in [1.807, 2.05) is 6.07 Å². The van der Waals surface area contributed by atoms with Crippen LogP contribution in [0.15, 0.2) is 24.3 Å². The van der Waals surface area contributed by atoms with Gasteiger partial charge in [0.25, 0.3) is 0 Å². The highest BCUT2D eigenvalue weighted by molar-refractivity contribution is 5.22. The second kappa shape index (κ2) is 3.31. The summed E-state index contributed by atoms with van der Waals surface area (Å²) in [5.74, 6) is -0.267. The molecule has 0 radical (unpaired) electrons. The van der Waals surface area contributed by atoms with Crippen molar-refractivity contribution in [2.75, 3.05) is 6.54 Å². The average Bonchev–Trinajstić information content (AvgIpc) is 2.46. The molecular formula is C11H13F2N. The Bertz CT molecular complexity index is 336. The second-order valence-corrected chi connectivity index (χ2v) is 4.11. The molecule has 1 fully saturated rings. The number of benzene rings is 1. The van der Waals surface area contributed by atoms with Crippen molar-refractivity contribution in [1.82, 2.24) is 5.32 Å². The summed E-state index contributed by atoms with van der Waals surface area (Å²) < 4.78 is 26.4. The maximum Gasteiger partial charge on any atom is 0.123 e. The first-order valence-electron chi connectivity index (χ1n) is 4.75. The summed E-state index contributed by atoms with van der Waals surface area (Å²) in [7, 11) is 0. The molecule has 0 aromatic heterocycles. The predicted octanol–water partition coefficient (Wildman–Crippen LogP) is 2.59. The van der Waals surface area contributed by atoms with Gasteiger partial charge in [-0.25, -0.2) is 8.78 Å². The van der Waals surface area contributed by atoms with Crippen molar-refractivity contribution in [3.05, 3.63) is 35.6 Å². The van der Waals surface area contributed by atoms with Crippen molar-refractivity contribution in [3.63, 3.8) is 0 Å². The first-order chi connectivity index (χ1) is 6.57. The van der Waals surface area contributed by atoms with E-state index in [-0.39, 0.29) is 11.9 Å². The molecule has 2 rings (SSSR count). The van der Waals surface area contributed by atoms with E-state index < -0.39 is 5.67 Å². The standard InChI is InChI=1S/C11H13F2N/c1-11(13)6-10(14-7-11)8-3-2-4-9(12)5-8/h2-5,10,14H,6-7H2,1H3. The Morgan fingerprint density at radius 2 is 2.29 bits per heavy atom. The van der Waals surface area contributed by atoms with Gasteiger partial charge in [0.2, 0.25) is 0 Å². The first-order valence-corrected chi connectivity index (χ1v) is 4.75. The summed E-state index contributed by atoms with van der Waals surface area (Å²) in [5, 5.41) is 3.05. The largest absolute Gasteiger partial charge is 0.307 e. The maximum absolute atomic E-state index is 13.5. The van der Waals surface area contributed by atoms with Crippen molar-refractivity contribution < 1.29 is 8.78 Å². The summed E-state index contributed by atoms with van der Waals surface area (Å²) >= 11 is 0. The Morgan fingerprint density at radius 1 is 1.50 bits per heavy atom. The van der Waals surface area contributed by atoms with Crippen molar-refractivity contribution in [1.29, 1.82) is 0 Å². The van der Waals surface area contributed by atoms with Crippen LogP contribution in [-0.4, -0.2) is 12.2 Å². The van der Waals surface area contributed by atoms with E-state index in [1.54, 1.807) is 13.0 Å². The number of hydrogen-bond donors (Lipinski definition) is 1. The molecule has 0 spiro atoms. The van der Waals surface area contributed by atoms with Crippen LogP contribution in [0.25, 0.3) is 0 Å². The van der Waals surface area contributed by atoms with Gasteiger partial charge in [0.1, 0.15) is 11.5 Å². The Hall–Kier alpha value is -0.960. The van der Waals surface area contributed by atoms with Crippen LogP contribution in [0.3, 0.4) is 0 Å². The fourth-order valence-electron chi connectivity index (χ4n) is 1.86. The Morgan fingerprint density at radius 3 is 2.86 bits per heavy atom. The molecule has 1 aliphatic rings. The molecule has 2 atom stereocenters. The van der Waals surface area contributed by atoms with Gasteiger partial charge in [-0.1, -0.05) is 12.1 Å². The topological polar surface area (TPSA) is 12.0 Å². The lowest BCUT2D eigenvalue weighted by Crippen LogP contribution is -2.20. The maximum atomic E-state index is 13.5. The van der Waals surface area contributed by atoms with Crippen molar-refractivity contribution in [3.8, 4) is 0 Å². The molecule has 76 valence electrons. The van der Waals surface area contributed by atoms with Crippen LogP contribution in [-0.2, 0) is 0 Å². The van der Waals surface area contributed by atoms with Crippen LogP contribution < -0.4 is 5.32 Å². The third kappa shape index (κ3) is 1.93. The smallest absolute Gasteiger partial charge is 0.123 e. The molecule has 0 bridgehead atoms. The molecule has 14 heavy (non-hydrogen) atoms. The average molecular weight is 197 g/mol. The molecule has 1 nitrogen and oxygen atoms in total. The molecule has 1 N–H and O–H groups in total. The minimum atomic E-state index is -1.17. The van der Waals surface area contributed by atoms with Gasteiger partial charge in [0.05, 0.1) is 0 Å². The first kappa shape index (κ1) is 9.59. The van der Waals surface area contributed by atoms with E-state index in [1.165, 1.54) is 12.1 Å². The van der Waals surface area contributed by atoms with E-state index in [4.69, 9.17) is 0 Å². The van der Waals surface area contributed by atoms with E-state index in [0.717, 1.165) is 5.56 Å². The molecule has 1 heterocycles. The number of rotatable bonds is 1. The summed E-state index contributed by atoms with van der Waals surface area (Å²) in [6.07, 6.45) is 0.413. The normalized spacial score (nSPS) is 32.1. The summed E-state index contributed by atoms with van der Waals surface area (Å²) in [5.41, 5.74) is -0.344. The van der Waals surface area contributed by atoms with E-state index in [9.17, 15) is 8.78 Å². The lowest BCUT2D eigenvalue weighted by Gasteiger charge is -2.12. The van der Waals surface area contributed by atoms with Crippen LogP contribution in [0.1, 0.15) is 24.9 Å². The number of hydrogen-bond acceptors (Lipinski definition) is 1. The zero-order chi connectivity index (χ0) is 10.2. The van der Waals surface area contributed by atoms with Crippen LogP contribution in [0.4, 0.5) is 8.78 Å². The number of halogens is 2. The number of nitrogens with one attached hydrogen (secondary N) is 1. The van der Waals surface area contributed by atoms with E-state index in [0.29, 0.717) is 13.0 Å². The van der Waals surface area contributed by atoms with Gasteiger partial charge in [-0.2, -0.15) is 0 Å². The van der Waals surface area contributed by atoms with Crippen LogP contribution in [0.2, 0.25) is 0 Å². The molecular weight excluding hydrogens is 184 g/mol. The quantitative estimate of drug-likeness (QED) is 0.729. The Balaban J connectivity index is 2.17. The molecule has 1 aromatic rings. The molecule has 1 aromatic carbocycles. The third-order valence-electron chi connectivity index (χ3n) is 2.60. The fourth-order valence-corrected chi connectivity index (χ4v) is 1.86. The van der Waals surface area contributed by atoms with Crippen molar-refractivity contribution in [2.24, 2.45) is 0 Å². The fraction of sp³-hybridized carbons (Fsp3) is 0.455. The monoisotopic (exact) mass is 197 g/mol. The van der Waals surface area contributed by atoms with Gasteiger partial charge in [-0.15, -0.1) is 0 Å². The minimum absolute atomic E-state index is 0.0549. The van der Waals surface area contributed by atoms with Gasteiger partial charge in [-0.05, 0) is 24.6 Å². The van der Waals surface area contributed by atoms with Crippen LogP contribution >= 0.6 is 0 Å². The van der Waals surface area contributed by atoms with Gasteiger partial charge in [-0.3, -0.25) is 0 Å². The van der Waals surface area contributed by atoms with Gasteiger partial charge >= 0.3 is 0 Å². The number of alkyl halides is 1. The summed E-state index contributed by atoms with van der Waals surface area (Å²) in [4.78, 5) is 0. The molecule has 3 heteroatoms. The van der Waals surface area contributed by atoms with Crippen LogP contribution in [0.5, 0.6) is 0 Å².